The van der Waals surface area contributed by atoms with Crippen molar-refractivity contribution >= 4 is 17.6 Å². The molecule has 0 radical (unpaired) electrons. The van der Waals surface area contributed by atoms with Gasteiger partial charge in [-0.05, 0) is 18.1 Å². The van der Waals surface area contributed by atoms with Gasteiger partial charge in [-0.1, -0.05) is 19.1 Å². The Bertz CT molecular complexity index is 430. The number of nitrogens with one attached hydrogen (secondary N) is 2. The molecule has 0 unspecified atom stereocenters. The lowest BCUT2D eigenvalue weighted by Gasteiger charge is -2.14. The van der Waals surface area contributed by atoms with Gasteiger partial charge in [0.1, 0.15) is 0 Å². The van der Waals surface area contributed by atoms with Gasteiger partial charge in [0.15, 0.2) is 0 Å². The van der Waals surface area contributed by atoms with Gasteiger partial charge in [-0.2, -0.15) is 0 Å². The second-order valence-electron chi connectivity index (χ2n) is 3.49. The third-order valence-electron chi connectivity index (χ3n) is 2.30. The summed E-state index contributed by atoms with van der Waals surface area (Å²) in [5.74, 6) is -0.667. The maximum absolute atomic E-state index is 11.6. The Kier molecular flexibility index (Phi) is 4.51. The summed E-state index contributed by atoms with van der Waals surface area (Å²) in [4.78, 5) is 22.4. The lowest BCUT2D eigenvalue weighted by Crippen LogP contribution is -2.28. The highest BCUT2D eigenvalue weighted by Gasteiger charge is 2.14. The van der Waals surface area contributed by atoms with E-state index in [4.69, 9.17) is 4.74 Å². The number of rotatable bonds is 4. The fourth-order valence-corrected chi connectivity index (χ4v) is 1.47. The van der Waals surface area contributed by atoms with Gasteiger partial charge in [-0.15, -0.1) is 0 Å². The van der Waals surface area contributed by atoms with E-state index in [0.717, 1.165) is 12.0 Å². The van der Waals surface area contributed by atoms with Gasteiger partial charge in [-0.3, -0.25) is 15.6 Å². The van der Waals surface area contributed by atoms with Crippen LogP contribution in [0.3, 0.4) is 0 Å². The van der Waals surface area contributed by atoms with Gasteiger partial charge in [0.2, 0.25) is 5.91 Å². The Hall–Kier alpha value is -2.04. The first-order valence-electron chi connectivity index (χ1n) is 5.33. The number of hydrogen-bond donors (Lipinski definition) is 2. The maximum atomic E-state index is 11.6. The highest BCUT2D eigenvalue weighted by Crippen LogP contribution is 2.21. The summed E-state index contributed by atoms with van der Waals surface area (Å²) in [6.45, 7) is 3.36. The summed E-state index contributed by atoms with van der Waals surface area (Å²) in [7, 11) is 1.32. The van der Waals surface area contributed by atoms with Crippen molar-refractivity contribution in [2.75, 3.05) is 12.5 Å². The van der Waals surface area contributed by atoms with Crippen molar-refractivity contribution < 1.29 is 14.3 Å². The number of hydrogen-bond acceptors (Lipinski definition) is 4. The van der Waals surface area contributed by atoms with Crippen LogP contribution in [0.1, 0.15) is 29.8 Å². The van der Waals surface area contributed by atoms with Crippen molar-refractivity contribution in [3.8, 4) is 0 Å². The first kappa shape index (κ1) is 13.0. The van der Waals surface area contributed by atoms with Gasteiger partial charge in [0.05, 0.1) is 18.4 Å². The van der Waals surface area contributed by atoms with Crippen LogP contribution in [0, 0.1) is 0 Å². The highest BCUT2D eigenvalue weighted by atomic mass is 16.5. The molecule has 1 aromatic carbocycles. The molecule has 0 bridgehead atoms. The van der Waals surface area contributed by atoms with E-state index in [2.05, 4.69) is 10.9 Å². The summed E-state index contributed by atoms with van der Waals surface area (Å²) in [5, 5.41) is 0. The Balaban J connectivity index is 3.11. The molecule has 0 heterocycles. The van der Waals surface area contributed by atoms with Crippen molar-refractivity contribution in [2.24, 2.45) is 0 Å². The second-order valence-corrected chi connectivity index (χ2v) is 3.49. The summed E-state index contributed by atoms with van der Waals surface area (Å²) < 4.78 is 4.69. The molecule has 0 fully saturated rings. The number of amides is 1. The standard InChI is InChI=1S/C12H16N2O3/c1-4-9-6-5-7-10(12(16)17-3)11(9)14-13-8(2)15/h5-7,14H,4H2,1-3H3,(H,13,15). The molecular formula is C12H16N2O3. The first-order chi connectivity index (χ1) is 8.10. The first-order valence-corrected chi connectivity index (χ1v) is 5.33. The monoisotopic (exact) mass is 236 g/mol. The third-order valence-corrected chi connectivity index (χ3v) is 2.30. The van der Waals surface area contributed by atoms with Crippen LogP contribution >= 0.6 is 0 Å². The second kappa shape index (κ2) is 5.89. The predicted molar refractivity (Wildman–Crippen MR) is 64.6 cm³/mol. The van der Waals surface area contributed by atoms with E-state index in [1.807, 2.05) is 13.0 Å². The zero-order chi connectivity index (χ0) is 12.8. The molecular weight excluding hydrogens is 220 g/mol. The van der Waals surface area contributed by atoms with Crippen molar-refractivity contribution in [2.45, 2.75) is 20.3 Å². The number of ether oxygens (including phenoxy) is 1. The van der Waals surface area contributed by atoms with E-state index in [1.54, 1.807) is 12.1 Å². The summed E-state index contributed by atoms with van der Waals surface area (Å²) >= 11 is 0. The third kappa shape index (κ3) is 3.21. The lowest BCUT2D eigenvalue weighted by molar-refractivity contribution is -0.118. The molecule has 0 saturated carbocycles. The number of carbonyl (C=O) groups excluding carboxylic acids is 2. The zero-order valence-corrected chi connectivity index (χ0v) is 10.2. The quantitative estimate of drug-likeness (QED) is 0.614. The number of hydrazine groups is 1. The topological polar surface area (TPSA) is 67.4 Å². The Morgan fingerprint density at radius 1 is 1.35 bits per heavy atom. The Morgan fingerprint density at radius 2 is 2.06 bits per heavy atom. The summed E-state index contributed by atoms with van der Waals surface area (Å²) in [6, 6.07) is 5.32. The molecule has 0 saturated heterocycles. The minimum atomic E-state index is -0.437. The van der Waals surface area contributed by atoms with Crippen LogP contribution in [0.5, 0.6) is 0 Å². The van der Waals surface area contributed by atoms with Crippen LogP contribution in [-0.4, -0.2) is 19.0 Å². The van der Waals surface area contributed by atoms with E-state index in [0.29, 0.717) is 11.3 Å². The number of carbonyl (C=O) groups is 2. The molecule has 92 valence electrons. The fraction of sp³-hybridized carbons (Fsp3) is 0.333. The SMILES string of the molecule is CCc1cccc(C(=O)OC)c1NNC(C)=O. The van der Waals surface area contributed by atoms with E-state index in [-0.39, 0.29) is 5.91 Å². The summed E-state index contributed by atoms with van der Waals surface area (Å²) in [6.07, 6.45) is 0.743. The van der Waals surface area contributed by atoms with Crippen LogP contribution in [-0.2, 0) is 16.0 Å². The van der Waals surface area contributed by atoms with Crippen LogP contribution in [0.4, 0.5) is 5.69 Å². The average molecular weight is 236 g/mol. The maximum Gasteiger partial charge on any atom is 0.340 e. The van der Waals surface area contributed by atoms with Gasteiger partial charge in [0.25, 0.3) is 0 Å². The minimum absolute atomic E-state index is 0.230. The summed E-state index contributed by atoms with van der Waals surface area (Å²) in [5.41, 5.74) is 7.12. The van der Waals surface area contributed by atoms with Crippen LogP contribution in [0.25, 0.3) is 0 Å². The Labute approximate surface area is 100 Å². The molecule has 0 aromatic heterocycles. The molecule has 5 heteroatoms. The van der Waals surface area contributed by atoms with Crippen molar-refractivity contribution in [3.63, 3.8) is 0 Å². The fourth-order valence-electron chi connectivity index (χ4n) is 1.47. The molecule has 17 heavy (non-hydrogen) atoms. The van der Waals surface area contributed by atoms with Gasteiger partial charge in [0, 0.05) is 6.92 Å². The number of anilines is 1. The molecule has 0 spiro atoms. The Morgan fingerprint density at radius 3 is 2.59 bits per heavy atom. The van der Waals surface area contributed by atoms with Crippen molar-refractivity contribution in [1.29, 1.82) is 0 Å². The van der Waals surface area contributed by atoms with Crippen molar-refractivity contribution in [1.82, 2.24) is 5.43 Å². The average Bonchev–Trinajstić information content (AvgIpc) is 2.34. The van der Waals surface area contributed by atoms with Crippen LogP contribution in [0.15, 0.2) is 18.2 Å². The number of methoxy groups -OCH3 is 1. The lowest BCUT2D eigenvalue weighted by atomic mass is 10.1. The minimum Gasteiger partial charge on any atom is -0.465 e. The van der Waals surface area contributed by atoms with E-state index >= 15 is 0 Å². The zero-order valence-electron chi connectivity index (χ0n) is 10.2. The van der Waals surface area contributed by atoms with E-state index < -0.39 is 5.97 Å². The molecule has 1 aromatic rings. The normalized spacial score (nSPS) is 9.59. The molecule has 1 amide bonds. The highest BCUT2D eigenvalue weighted by molar-refractivity contribution is 5.96. The largest absolute Gasteiger partial charge is 0.465 e. The number of aryl methyl sites for hydroxylation is 1. The number of esters is 1. The molecule has 1 rings (SSSR count). The van der Waals surface area contributed by atoms with Gasteiger partial charge >= 0.3 is 5.97 Å². The molecule has 0 aliphatic carbocycles. The molecule has 5 nitrogen and oxygen atoms in total. The smallest absolute Gasteiger partial charge is 0.340 e. The number of benzene rings is 1. The van der Waals surface area contributed by atoms with Crippen LogP contribution < -0.4 is 10.9 Å². The predicted octanol–water partition coefficient (Wildman–Crippen LogP) is 1.50. The molecule has 0 aliphatic heterocycles. The van der Waals surface area contributed by atoms with Crippen LogP contribution in [0.2, 0.25) is 0 Å². The van der Waals surface area contributed by atoms with Crippen molar-refractivity contribution in [3.05, 3.63) is 29.3 Å². The van der Waals surface area contributed by atoms with E-state index in [1.165, 1.54) is 14.0 Å². The number of para-hydroxylation sites is 1. The molecule has 2 N–H and O–H groups in total. The molecule has 0 aliphatic rings. The van der Waals surface area contributed by atoms with Gasteiger partial charge in [-0.25, -0.2) is 4.79 Å². The van der Waals surface area contributed by atoms with E-state index in [9.17, 15) is 9.59 Å². The van der Waals surface area contributed by atoms with Gasteiger partial charge < -0.3 is 4.74 Å². The molecule has 0 atom stereocenters.